The van der Waals surface area contributed by atoms with Gasteiger partial charge in [0.05, 0.1) is 16.7 Å². The molecule has 15 aromatic rings. The van der Waals surface area contributed by atoms with Gasteiger partial charge in [-0.05, 0) is 146 Å². The van der Waals surface area contributed by atoms with Gasteiger partial charge < -0.3 is 14.0 Å². The summed E-state index contributed by atoms with van der Waals surface area (Å²) in [5, 5.41) is 17.4. The molecule has 0 fully saturated rings. The SMILES string of the molecule is c1ccc([Si](c2ccccc2)(c2ccccc2)c2ccc3c(c2)Oc2cc(-n4c5ccc(-c6c7ccccc7cc7ccccc67)cc5c5cc(-c6c7ccccc7cc7ccccc67)ccc54)cc4c2B3c2ccccc2O4)cc1. The van der Waals surface area contributed by atoms with E-state index >= 15 is 0 Å². The highest BCUT2D eigenvalue weighted by molar-refractivity contribution is 7.20. The van der Waals surface area contributed by atoms with Crippen molar-refractivity contribution in [1.29, 1.82) is 0 Å². The van der Waals surface area contributed by atoms with E-state index in [1.165, 1.54) is 96.9 Å². The molecule has 17 rings (SSSR count). The number of rotatable bonds is 7. The van der Waals surface area contributed by atoms with Crippen LogP contribution < -0.4 is 46.6 Å². The fourth-order valence-electron chi connectivity index (χ4n) is 14.1. The molecule has 81 heavy (non-hydrogen) atoms. The van der Waals surface area contributed by atoms with Crippen molar-refractivity contribution in [2.45, 2.75) is 0 Å². The lowest BCUT2D eigenvalue weighted by atomic mass is 9.35. The summed E-state index contributed by atoms with van der Waals surface area (Å²) in [6.45, 7) is -0.109. The largest absolute Gasteiger partial charge is 0.458 e. The zero-order valence-electron chi connectivity index (χ0n) is 44.1. The molecular weight excluding hydrogens is 998 g/mol. The third-order valence-corrected chi connectivity index (χ3v) is 22.3. The minimum Gasteiger partial charge on any atom is -0.458 e. The molecule has 0 aliphatic carbocycles. The first kappa shape index (κ1) is 45.8. The maximum Gasteiger partial charge on any atom is 0.260 e. The van der Waals surface area contributed by atoms with Crippen LogP contribution in [-0.2, 0) is 0 Å². The monoisotopic (exact) mass is 1050 g/mol. The van der Waals surface area contributed by atoms with Crippen molar-refractivity contribution in [3.63, 3.8) is 0 Å². The van der Waals surface area contributed by atoms with Crippen molar-refractivity contribution >= 4 is 117 Å². The number of benzene rings is 14. The third-order valence-electron chi connectivity index (χ3n) is 17.6. The molecule has 0 unspecified atom stereocenters. The minimum atomic E-state index is -2.90. The highest BCUT2D eigenvalue weighted by Gasteiger charge is 2.45. The number of ether oxygens (including phenoxy) is 2. The van der Waals surface area contributed by atoms with Crippen molar-refractivity contribution in [1.82, 2.24) is 4.57 Å². The summed E-state index contributed by atoms with van der Waals surface area (Å²) in [5.41, 5.74) is 11.3. The van der Waals surface area contributed by atoms with Crippen LogP contribution in [0, 0.1) is 0 Å². The van der Waals surface area contributed by atoms with Crippen molar-refractivity contribution in [2.24, 2.45) is 0 Å². The van der Waals surface area contributed by atoms with Crippen LogP contribution in [0.15, 0.2) is 291 Å². The molecule has 0 amide bonds. The zero-order chi connectivity index (χ0) is 53.2. The Bertz CT molecular complexity index is 4690. The molecule has 0 saturated heterocycles. The van der Waals surface area contributed by atoms with Crippen LogP contribution in [0.2, 0.25) is 0 Å². The van der Waals surface area contributed by atoms with E-state index in [-0.39, 0.29) is 6.71 Å². The Morgan fingerprint density at radius 2 is 0.691 bits per heavy atom. The van der Waals surface area contributed by atoms with Gasteiger partial charge in [0.15, 0.2) is 8.07 Å². The maximum absolute atomic E-state index is 7.49. The van der Waals surface area contributed by atoms with Gasteiger partial charge >= 0.3 is 0 Å². The fraction of sp³-hybridized carbons (Fsp3) is 0. The molecule has 3 nitrogen and oxygen atoms in total. The Kier molecular flexibility index (Phi) is 10.1. The molecule has 0 saturated carbocycles. The number of fused-ring (bicyclic) bond motifs is 11. The second-order valence-electron chi connectivity index (χ2n) is 21.8. The molecule has 0 atom stereocenters. The van der Waals surface area contributed by atoms with Gasteiger partial charge in [-0.25, -0.2) is 0 Å². The first-order valence-electron chi connectivity index (χ1n) is 28.0. The minimum absolute atomic E-state index is 0.109. The molecule has 3 heterocycles. The van der Waals surface area contributed by atoms with Gasteiger partial charge in [0, 0.05) is 28.4 Å². The summed E-state index contributed by atoms with van der Waals surface area (Å²) in [5.74, 6) is 3.32. The summed E-state index contributed by atoms with van der Waals surface area (Å²) >= 11 is 0. The number of para-hydroxylation sites is 1. The molecule has 5 heteroatoms. The molecule has 376 valence electrons. The first-order chi connectivity index (χ1) is 40.2. The van der Waals surface area contributed by atoms with E-state index in [4.69, 9.17) is 9.47 Å². The van der Waals surface area contributed by atoms with E-state index in [1.54, 1.807) is 0 Å². The van der Waals surface area contributed by atoms with Crippen molar-refractivity contribution in [3.8, 4) is 50.9 Å². The van der Waals surface area contributed by atoms with Crippen molar-refractivity contribution in [3.05, 3.63) is 291 Å². The van der Waals surface area contributed by atoms with E-state index in [2.05, 4.69) is 296 Å². The van der Waals surface area contributed by atoms with Crippen LogP contribution in [0.4, 0.5) is 0 Å². The second kappa shape index (κ2) is 17.9. The highest BCUT2D eigenvalue weighted by Crippen LogP contribution is 2.45. The van der Waals surface area contributed by atoms with Crippen LogP contribution in [0.5, 0.6) is 23.0 Å². The average Bonchev–Trinajstić information content (AvgIpc) is 4.12. The lowest BCUT2D eigenvalue weighted by Gasteiger charge is -2.37. The van der Waals surface area contributed by atoms with E-state index in [9.17, 15) is 0 Å². The number of hydrogen-bond donors (Lipinski definition) is 0. The van der Waals surface area contributed by atoms with Crippen LogP contribution >= 0.6 is 0 Å². The zero-order valence-corrected chi connectivity index (χ0v) is 45.1. The van der Waals surface area contributed by atoms with Crippen LogP contribution in [0.3, 0.4) is 0 Å². The van der Waals surface area contributed by atoms with Gasteiger partial charge in [0.25, 0.3) is 6.71 Å². The predicted octanol–water partition coefficient (Wildman–Crippen LogP) is 14.8. The summed E-state index contributed by atoms with van der Waals surface area (Å²) < 4.78 is 17.0. The van der Waals surface area contributed by atoms with Gasteiger partial charge in [0.2, 0.25) is 0 Å². The fourth-order valence-corrected chi connectivity index (χ4v) is 18.9. The molecule has 2 aliphatic rings. The molecule has 0 N–H and O–H groups in total. The Morgan fingerprint density at radius 3 is 1.17 bits per heavy atom. The van der Waals surface area contributed by atoms with Crippen LogP contribution in [-0.4, -0.2) is 19.4 Å². The third kappa shape index (κ3) is 6.89. The van der Waals surface area contributed by atoms with E-state index in [1.807, 2.05) is 0 Å². The van der Waals surface area contributed by atoms with Crippen molar-refractivity contribution in [2.75, 3.05) is 0 Å². The number of nitrogens with zero attached hydrogens (tertiary/aromatic N) is 1. The number of hydrogen-bond acceptors (Lipinski definition) is 2. The Hall–Kier alpha value is -10.2. The van der Waals surface area contributed by atoms with E-state index in [0.29, 0.717) is 0 Å². The maximum atomic E-state index is 7.49. The summed E-state index contributed by atoms with van der Waals surface area (Å²) in [4.78, 5) is 0. The standard InChI is InChI=1S/C76H48BNO2Si/c1-4-24-56(25-5-1)81(57-26-6-2-7-27-57,58-28-8-3-9-29-58)59-38-39-67-71(48-59)80-73-47-55(46-72-76(73)77(67)66-34-18-19-35-70(66)79-72)78-68-40-36-53(74-60-30-14-10-20-49(60)42-50-21-11-15-31-61(50)74)44-64(68)65-45-54(37-41-69(65)78)75-62-32-16-12-22-51(62)43-52-23-13-17-33-63(52)75/h1-48H. The lowest BCUT2D eigenvalue weighted by molar-refractivity contribution is 0.464. The van der Waals surface area contributed by atoms with Gasteiger partial charge in [-0.1, -0.05) is 231 Å². The van der Waals surface area contributed by atoms with Gasteiger partial charge in [-0.2, -0.15) is 0 Å². The van der Waals surface area contributed by atoms with Gasteiger partial charge in [-0.15, -0.1) is 0 Å². The van der Waals surface area contributed by atoms with Gasteiger partial charge in [0.1, 0.15) is 23.0 Å². The normalized spacial score (nSPS) is 12.6. The lowest BCUT2D eigenvalue weighted by Crippen LogP contribution is -2.75. The molecule has 1 aromatic heterocycles. The summed E-state index contributed by atoms with van der Waals surface area (Å²) in [6, 6.07) is 108. The molecule has 0 radical (unpaired) electrons. The highest BCUT2D eigenvalue weighted by atomic mass is 28.3. The Labute approximate surface area is 470 Å². The number of aromatic nitrogens is 1. The van der Waals surface area contributed by atoms with Gasteiger partial charge in [-0.3, -0.25) is 0 Å². The predicted molar refractivity (Wildman–Crippen MR) is 343 cm³/mol. The molecule has 0 spiro atoms. The summed E-state index contributed by atoms with van der Waals surface area (Å²) in [6.07, 6.45) is 0. The molecule has 14 aromatic carbocycles. The smallest absolute Gasteiger partial charge is 0.260 e. The van der Waals surface area contributed by atoms with Crippen molar-refractivity contribution < 1.29 is 9.47 Å². The van der Waals surface area contributed by atoms with Crippen LogP contribution in [0.25, 0.3) is 92.8 Å². The van der Waals surface area contributed by atoms with E-state index in [0.717, 1.165) is 56.1 Å². The molecule has 2 aliphatic heterocycles. The Morgan fingerprint density at radius 1 is 0.284 bits per heavy atom. The second-order valence-corrected chi connectivity index (χ2v) is 25.6. The quantitative estimate of drug-likeness (QED) is 0.0902. The Balaban J connectivity index is 0.914. The molecule has 0 bridgehead atoms. The topological polar surface area (TPSA) is 23.4 Å². The molecular formula is C76H48BNO2Si. The average molecular weight is 1050 g/mol. The van der Waals surface area contributed by atoms with E-state index < -0.39 is 8.07 Å². The first-order valence-corrected chi connectivity index (χ1v) is 30.0. The van der Waals surface area contributed by atoms with Crippen LogP contribution in [0.1, 0.15) is 0 Å². The summed E-state index contributed by atoms with van der Waals surface area (Å²) in [7, 11) is -2.90.